The zero-order valence-electron chi connectivity index (χ0n) is 14.2. The van der Waals surface area contributed by atoms with Gasteiger partial charge in [-0.05, 0) is 37.3 Å². The highest BCUT2D eigenvalue weighted by molar-refractivity contribution is 5.57. The topological polar surface area (TPSA) is 41.1 Å². The molecule has 1 aromatic carbocycles. The van der Waals surface area contributed by atoms with Crippen LogP contribution in [0.2, 0.25) is 0 Å². The SMILES string of the molecule is Cc1nc(NC2CCCC2)cc(N2C[C@H]3C[C@H]2c2ccccc23)n1. The number of aryl methyl sites for hydroxylation is 1. The fraction of sp³-hybridized carbons (Fsp3) is 0.500. The van der Waals surface area contributed by atoms with E-state index < -0.39 is 0 Å². The summed E-state index contributed by atoms with van der Waals surface area (Å²) in [5.41, 5.74) is 3.05. The zero-order valence-corrected chi connectivity index (χ0v) is 14.2. The van der Waals surface area contributed by atoms with E-state index in [-0.39, 0.29) is 0 Å². The fourth-order valence-corrected chi connectivity index (χ4v) is 4.85. The number of nitrogens with one attached hydrogen (secondary N) is 1. The number of fused-ring (bicyclic) bond motifs is 5. The Labute approximate surface area is 143 Å². The van der Waals surface area contributed by atoms with Gasteiger partial charge in [-0.1, -0.05) is 37.1 Å². The van der Waals surface area contributed by atoms with Crippen LogP contribution in [-0.2, 0) is 0 Å². The van der Waals surface area contributed by atoms with Crippen molar-refractivity contribution in [1.29, 1.82) is 0 Å². The van der Waals surface area contributed by atoms with Gasteiger partial charge >= 0.3 is 0 Å². The van der Waals surface area contributed by atoms with Gasteiger partial charge < -0.3 is 10.2 Å². The number of benzene rings is 1. The molecule has 2 aliphatic carbocycles. The number of nitrogens with zero attached hydrogens (tertiary/aromatic N) is 3. The molecule has 0 spiro atoms. The second-order valence-electron chi connectivity index (χ2n) is 7.51. The maximum absolute atomic E-state index is 4.76. The molecule has 4 nitrogen and oxygen atoms in total. The van der Waals surface area contributed by atoms with Crippen LogP contribution in [0.25, 0.3) is 0 Å². The average Bonchev–Trinajstić information content (AvgIpc) is 3.31. The largest absolute Gasteiger partial charge is 0.367 e. The van der Waals surface area contributed by atoms with Crippen LogP contribution in [0, 0.1) is 6.92 Å². The van der Waals surface area contributed by atoms with Crippen molar-refractivity contribution in [2.75, 3.05) is 16.8 Å². The molecule has 2 atom stereocenters. The third-order valence-electron chi connectivity index (χ3n) is 5.92. The molecule has 124 valence electrons. The van der Waals surface area contributed by atoms with Crippen LogP contribution in [0.1, 0.15) is 61.0 Å². The fourth-order valence-electron chi connectivity index (χ4n) is 4.85. The Kier molecular flexibility index (Phi) is 3.25. The summed E-state index contributed by atoms with van der Waals surface area (Å²) in [7, 11) is 0. The van der Waals surface area contributed by atoms with Gasteiger partial charge in [0.15, 0.2) is 0 Å². The molecular formula is C20H24N4. The van der Waals surface area contributed by atoms with E-state index in [2.05, 4.69) is 45.5 Å². The van der Waals surface area contributed by atoms with Gasteiger partial charge in [0.05, 0.1) is 6.04 Å². The second-order valence-corrected chi connectivity index (χ2v) is 7.51. The van der Waals surface area contributed by atoms with Gasteiger partial charge in [0.25, 0.3) is 0 Å². The smallest absolute Gasteiger partial charge is 0.134 e. The number of rotatable bonds is 3. The molecule has 0 unspecified atom stereocenters. The molecule has 3 aliphatic rings. The summed E-state index contributed by atoms with van der Waals surface area (Å²) in [4.78, 5) is 11.9. The molecule has 1 N–H and O–H groups in total. The third-order valence-corrected chi connectivity index (χ3v) is 5.92. The van der Waals surface area contributed by atoms with Crippen molar-refractivity contribution in [3.8, 4) is 0 Å². The molecule has 4 heteroatoms. The van der Waals surface area contributed by atoms with E-state index in [1.54, 1.807) is 5.56 Å². The lowest BCUT2D eigenvalue weighted by atomic mass is 9.99. The van der Waals surface area contributed by atoms with E-state index in [0.717, 1.165) is 24.0 Å². The predicted octanol–water partition coefficient (Wildman–Crippen LogP) is 4.19. The molecule has 0 amide bonds. The monoisotopic (exact) mass is 320 g/mol. The first-order valence-corrected chi connectivity index (χ1v) is 9.25. The number of hydrogen-bond donors (Lipinski definition) is 1. The number of hydrogen-bond acceptors (Lipinski definition) is 4. The van der Waals surface area contributed by atoms with Gasteiger partial charge in [-0.25, -0.2) is 9.97 Å². The normalized spacial score (nSPS) is 25.3. The van der Waals surface area contributed by atoms with Gasteiger partial charge in [-0.3, -0.25) is 0 Å². The summed E-state index contributed by atoms with van der Waals surface area (Å²) in [5, 5.41) is 3.63. The summed E-state index contributed by atoms with van der Waals surface area (Å²) in [6.45, 7) is 3.09. The van der Waals surface area contributed by atoms with E-state index >= 15 is 0 Å². The molecule has 2 fully saturated rings. The van der Waals surface area contributed by atoms with E-state index in [1.165, 1.54) is 37.7 Å². The van der Waals surface area contributed by atoms with Gasteiger partial charge in [0.1, 0.15) is 17.5 Å². The van der Waals surface area contributed by atoms with E-state index in [9.17, 15) is 0 Å². The van der Waals surface area contributed by atoms with Crippen LogP contribution in [0.4, 0.5) is 11.6 Å². The van der Waals surface area contributed by atoms with Crippen LogP contribution in [0.3, 0.4) is 0 Å². The first-order valence-electron chi connectivity index (χ1n) is 9.25. The van der Waals surface area contributed by atoms with Crippen LogP contribution in [0.15, 0.2) is 30.3 Å². The highest BCUT2D eigenvalue weighted by atomic mass is 15.3. The highest BCUT2D eigenvalue weighted by Crippen LogP contribution is 2.51. The van der Waals surface area contributed by atoms with Crippen molar-refractivity contribution in [1.82, 2.24) is 9.97 Å². The predicted molar refractivity (Wildman–Crippen MR) is 96.5 cm³/mol. The number of aromatic nitrogens is 2. The minimum atomic E-state index is 0.486. The van der Waals surface area contributed by atoms with Gasteiger partial charge in [0, 0.05) is 24.6 Å². The lowest BCUT2D eigenvalue weighted by molar-refractivity contribution is 0.721. The minimum Gasteiger partial charge on any atom is -0.367 e. The van der Waals surface area contributed by atoms with Crippen LogP contribution < -0.4 is 10.2 Å². The van der Waals surface area contributed by atoms with Gasteiger partial charge in [0.2, 0.25) is 0 Å². The average molecular weight is 320 g/mol. The van der Waals surface area contributed by atoms with Crippen molar-refractivity contribution in [3.63, 3.8) is 0 Å². The zero-order chi connectivity index (χ0) is 16.1. The summed E-state index contributed by atoms with van der Waals surface area (Å²) in [5.74, 6) is 3.61. The molecule has 2 heterocycles. The minimum absolute atomic E-state index is 0.486. The molecule has 1 saturated carbocycles. The van der Waals surface area contributed by atoms with Gasteiger partial charge in [-0.2, -0.15) is 0 Å². The van der Waals surface area contributed by atoms with Crippen molar-refractivity contribution in [2.24, 2.45) is 0 Å². The molecule has 1 aromatic heterocycles. The Morgan fingerprint density at radius 1 is 1.08 bits per heavy atom. The van der Waals surface area contributed by atoms with E-state index in [4.69, 9.17) is 4.98 Å². The maximum Gasteiger partial charge on any atom is 0.134 e. The number of anilines is 2. The van der Waals surface area contributed by atoms with Crippen LogP contribution in [-0.4, -0.2) is 22.6 Å². The molecule has 1 aliphatic heterocycles. The summed E-state index contributed by atoms with van der Waals surface area (Å²) in [6.07, 6.45) is 6.43. The first-order chi connectivity index (χ1) is 11.8. The molecule has 2 bridgehead atoms. The summed E-state index contributed by atoms with van der Waals surface area (Å²) in [6, 6.07) is 12.2. The Morgan fingerprint density at radius 3 is 2.71 bits per heavy atom. The lowest BCUT2D eigenvalue weighted by Crippen LogP contribution is -2.28. The lowest BCUT2D eigenvalue weighted by Gasteiger charge is -2.30. The van der Waals surface area contributed by atoms with E-state index in [1.807, 2.05) is 6.92 Å². The van der Waals surface area contributed by atoms with Crippen molar-refractivity contribution >= 4 is 11.6 Å². The Bertz CT molecular complexity index is 766. The van der Waals surface area contributed by atoms with Crippen molar-refractivity contribution in [2.45, 2.75) is 57.0 Å². The van der Waals surface area contributed by atoms with Crippen LogP contribution >= 0.6 is 0 Å². The Morgan fingerprint density at radius 2 is 1.88 bits per heavy atom. The third kappa shape index (κ3) is 2.27. The molecule has 5 rings (SSSR count). The van der Waals surface area contributed by atoms with Crippen molar-refractivity contribution in [3.05, 3.63) is 47.3 Å². The Hall–Kier alpha value is -2.10. The highest BCUT2D eigenvalue weighted by Gasteiger charge is 2.42. The van der Waals surface area contributed by atoms with E-state index in [0.29, 0.717) is 18.0 Å². The maximum atomic E-state index is 4.76. The molecule has 24 heavy (non-hydrogen) atoms. The van der Waals surface area contributed by atoms with Crippen LogP contribution in [0.5, 0.6) is 0 Å². The molecule has 0 radical (unpaired) electrons. The summed E-state index contributed by atoms with van der Waals surface area (Å²) >= 11 is 0. The van der Waals surface area contributed by atoms with Gasteiger partial charge in [-0.15, -0.1) is 0 Å². The Balaban J connectivity index is 1.44. The van der Waals surface area contributed by atoms with Crippen molar-refractivity contribution < 1.29 is 0 Å². The molecule has 2 aromatic rings. The standard InChI is InChI=1S/C20H24N4/c1-13-21-19(23-15-6-2-3-7-15)11-20(22-13)24-12-14-10-18(24)17-9-5-4-8-16(14)17/h4-5,8-9,11,14-15,18H,2-3,6-7,10,12H2,1H3,(H,21,22,23)/t14-,18+/m1/s1. The molecular weight excluding hydrogens is 296 g/mol. The molecule has 1 saturated heterocycles. The summed E-state index contributed by atoms with van der Waals surface area (Å²) < 4.78 is 0. The second kappa shape index (κ2) is 5.47. The first kappa shape index (κ1) is 14.3. The quantitative estimate of drug-likeness (QED) is 0.921.